The van der Waals surface area contributed by atoms with Gasteiger partial charge in [0, 0.05) is 29.9 Å². The molecule has 0 aromatic carbocycles. The summed E-state index contributed by atoms with van der Waals surface area (Å²) in [4.78, 5) is 18.3. The maximum absolute atomic E-state index is 12.6. The fourth-order valence-corrected chi connectivity index (χ4v) is 4.04. The molecule has 0 spiro atoms. The zero-order chi connectivity index (χ0) is 20.7. The highest BCUT2D eigenvalue weighted by Crippen LogP contribution is 2.39. The molecule has 1 aromatic heterocycles. The third-order valence-corrected chi connectivity index (χ3v) is 5.12. The lowest BCUT2D eigenvalue weighted by Crippen LogP contribution is -2.51. The van der Waals surface area contributed by atoms with Crippen molar-refractivity contribution in [2.45, 2.75) is 82.5 Å². The minimum absolute atomic E-state index is 0.00470. The lowest BCUT2D eigenvalue weighted by Gasteiger charge is -2.40. The number of amides is 1. The smallest absolute Gasteiger partial charge is 0.418 e. The van der Waals surface area contributed by atoms with Crippen molar-refractivity contribution in [3.8, 4) is 0 Å². The number of ether oxygens (including phenoxy) is 1. The van der Waals surface area contributed by atoms with Crippen LogP contribution in [0.5, 0.6) is 0 Å². The van der Waals surface area contributed by atoms with Gasteiger partial charge in [-0.05, 0) is 52.5 Å². The van der Waals surface area contributed by atoms with Crippen molar-refractivity contribution in [1.29, 1.82) is 0 Å². The number of aromatic nitrogens is 1. The first-order valence-electron chi connectivity index (χ1n) is 9.42. The van der Waals surface area contributed by atoms with E-state index in [4.69, 9.17) is 4.74 Å². The number of fused-ring (bicyclic) bond motifs is 2. The van der Waals surface area contributed by atoms with Gasteiger partial charge in [0.05, 0.1) is 0 Å². The lowest BCUT2D eigenvalue weighted by molar-refractivity contribution is -0.206. The number of carbonyl (C=O) groups excluding carboxylic acids is 1. The summed E-state index contributed by atoms with van der Waals surface area (Å²) in [6.07, 6.45) is -3.28. The van der Waals surface area contributed by atoms with Crippen LogP contribution < -0.4 is 10.2 Å². The molecule has 3 rings (SSSR count). The second kappa shape index (κ2) is 7.42. The molecule has 3 unspecified atom stereocenters. The Morgan fingerprint density at radius 3 is 2.32 bits per heavy atom. The number of piperidine rings is 1. The average Bonchev–Trinajstić information content (AvgIpc) is 2.82. The van der Waals surface area contributed by atoms with Gasteiger partial charge in [-0.2, -0.15) is 13.2 Å². The van der Waals surface area contributed by atoms with E-state index in [1.165, 1.54) is 12.1 Å². The summed E-state index contributed by atoms with van der Waals surface area (Å²) in [6.45, 7) is 5.43. The van der Waals surface area contributed by atoms with Gasteiger partial charge < -0.3 is 20.1 Å². The number of halogens is 3. The SMILES string of the molecule is CC(C)(C)OC(=O)NC1CC2CCC(C1)N2c1ccc(C(O)C(F)(F)F)cn1. The van der Waals surface area contributed by atoms with E-state index in [1.807, 2.05) is 20.8 Å². The highest BCUT2D eigenvalue weighted by molar-refractivity contribution is 5.68. The molecule has 156 valence electrons. The molecule has 0 aliphatic carbocycles. The minimum atomic E-state index is -4.71. The number of hydrogen-bond donors (Lipinski definition) is 2. The normalized spacial score (nSPS) is 26.1. The van der Waals surface area contributed by atoms with E-state index in [0.29, 0.717) is 5.82 Å². The van der Waals surface area contributed by atoms with Crippen LogP contribution in [0.25, 0.3) is 0 Å². The average molecular weight is 401 g/mol. The van der Waals surface area contributed by atoms with Crippen molar-refractivity contribution in [3.05, 3.63) is 23.9 Å². The molecule has 2 aliphatic heterocycles. The van der Waals surface area contributed by atoms with Gasteiger partial charge in [-0.25, -0.2) is 9.78 Å². The van der Waals surface area contributed by atoms with Crippen molar-refractivity contribution >= 4 is 11.9 Å². The van der Waals surface area contributed by atoms with Gasteiger partial charge in [-0.3, -0.25) is 0 Å². The largest absolute Gasteiger partial charge is 0.444 e. The van der Waals surface area contributed by atoms with Crippen LogP contribution in [0.1, 0.15) is 58.1 Å². The van der Waals surface area contributed by atoms with Crippen LogP contribution in [0, 0.1) is 0 Å². The van der Waals surface area contributed by atoms with Gasteiger partial charge in [-0.1, -0.05) is 6.07 Å². The highest BCUT2D eigenvalue weighted by atomic mass is 19.4. The highest BCUT2D eigenvalue weighted by Gasteiger charge is 2.43. The summed E-state index contributed by atoms with van der Waals surface area (Å²) in [6, 6.07) is 3.10. The predicted octanol–water partition coefficient (Wildman–Crippen LogP) is 3.70. The lowest BCUT2D eigenvalue weighted by atomic mass is 9.97. The van der Waals surface area contributed by atoms with E-state index < -0.39 is 24.0 Å². The van der Waals surface area contributed by atoms with Gasteiger partial charge in [-0.15, -0.1) is 0 Å². The first-order chi connectivity index (χ1) is 12.9. The molecule has 2 bridgehead atoms. The van der Waals surface area contributed by atoms with Crippen molar-refractivity contribution in [3.63, 3.8) is 0 Å². The summed E-state index contributed by atoms with van der Waals surface area (Å²) in [5.41, 5.74) is -0.832. The topological polar surface area (TPSA) is 74.7 Å². The molecule has 9 heteroatoms. The van der Waals surface area contributed by atoms with Crippen LogP contribution in [0.3, 0.4) is 0 Å². The fourth-order valence-electron chi connectivity index (χ4n) is 4.04. The molecule has 28 heavy (non-hydrogen) atoms. The molecular formula is C19H26F3N3O3. The number of hydrogen-bond acceptors (Lipinski definition) is 5. The molecule has 2 fully saturated rings. The Hall–Kier alpha value is -2.03. The number of rotatable bonds is 3. The molecule has 0 saturated carbocycles. The summed E-state index contributed by atoms with van der Waals surface area (Å²) in [5.74, 6) is 0.598. The molecule has 3 heterocycles. The second-order valence-corrected chi connectivity index (χ2v) is 8.50. The van der Waals surface area contributed by atoms with Crippen LogP contribution in [0.15, 0.2) is 18.3 Å². The van der Waals surface area contributed by atoms with Crippen LogP contribution in [0.2, 0.25) is 0 Å². The third kappa shape index (κ3) is 4.68. The number of carbonyl (C=O) groups is 1. The van der Waals surface area contributed by atoms with E-state index in [-0.39, 0.29) is 23.7 Å². The van der Waals surface area contributed by atoms with Crippen LogP contribution in [-0.2, 0) is 4.74 Å². The maximum atomic E-state index is 12.6. The van der Waals surface area contributed by atoms with Crippen LogP contribution in [-0.4, -0.2) is 46.1 Å². The monoisotopic (exact) mass is 401 g/mol. The first kappa shape index (κ1) is 20.7. The van der Waals surface area contributed by atoms with Gasteiger partial charge in [0.2, 0.25) is 0 Å². The molecule has 3 atom stereocenters. The predicted molar refractivity (Wildman–Crippen MR) is 96.9 cm³/mol. The van der Waals surface area contributed by atoms with Gasteiger partial charge in [0.1, 0.15) is 11.4 Å². The van der Waals surface area contributed by atoms with Gasteiger partial charge in [0.25, 0.3) is 0 Å². The fraction of sp³-hybridized carbons (Fsp3) is 0.684. The summed E-state index contributed by atoms with van der Waals surface area (Å²) < 4.78 is 43.2. The molecule has 0 radical (unpaired) electrons. The van der Waals surface area contributed by atoms with Crippen LogP contribution in [0.4, 0.5) is 23.8 Å². The minimum Gasteiger partial charge on any atom is -0.444 e. The van der Waals surface area contributed by atoms with E-state index in [9.17, 15) is 23.1 Å². The molecule has 2 N–H and O–H groups in total. The quantitative estimate of drug-likeness (QED) is 0.808. The van der Waals surface area contributed by atoms with Gasteiger partial charge >= 0.3 is 12.3 Å². The van der Waals surface area contributed by atoms with E-state index in [2.05, 4.69) is 15.2 Å². The van der Waals surface area contributed by atoms with Crippen molar-refractivity contribution < 1.29 is 27.8 Å². The number of nitrogens with one attached hydrogen (secondary N) is 1. The number of aliphatic hydroxyl groups is 1. The summed E-state index contributed by atoms with van der Waals surface area (Å²) >= 11 is 0. The zero-order valence-corrected chi connectivity index (χ0v) is 16.2. The number of alkyl carbamates (subject to hydrolysis) is 1. The molecular weight excluding hydrogens is 375 g/mol. The standard InChI is InChI=1S/C19H26F3N3O3/c1-18(2,3)28-17(27)24-12-8-13-5-6-14(9-12)25(13)15-7-4-11(10-23-15)16(26)19(20,21)22/h4,7,10,12-14,16,26H,5-6,8-9H2,1-3H3,(H,24,27). The van der Waals surface area contributed by atoms with Crippen molar-refractivity contribution in [1.82, 2.24) is 10.3 Å². The molecule has 2 aliphatic rings. The Morgan fingerprint density at radius 2 is 1.86 bits per heavy atom. The Kier molecular flexibility index (Phi) is 5.49. The Labute approximate surface area is 162 Å². The van der Waals surface area contributed by atoms with Gasteiger partial charge in [0.15, 0.2) is 6.10 Å². The Bertz CT molecular complexity index is 689. The summed E-state index contributed by atoms with van der Waals surface area (Å²) in [7, 11) is 0. The zero-order valence-electron chi connectivity index (χ0n) is 16.2. The van der Waals surface area contributed by atoms with E-state index in [0.717, 1.165) is 31.9 Å². The van der Waals surface area contributed by atoms with E-state index >= 15 is 0 Å². The molecule has 6 nitrogen and oxygen atoms in total. The number of anilines is 1. The number of alkyl halides is 3. The summed E-state index contributed by atoms with van der Waals surface area (Å²) in [5, 5.41) is 12.3. The molecule has 1 aromatic rings. The molecule has 1 amide bonds. The van der Waals surface area contributed by atoms with E-state index in [1.54, 1.807) is 0 Å². The number of nitrogens with zero attached hydrogens (tertiary/aromatic N) is 2. The van der Waals surface area contributed by atoms with Crippen LogP contribution >= 0.6 is 0 Å². The number of aliphatic hydroxyl groups excluding tert-OH is 1. The molecule has 2 saturated heterocycles. The number of pyridine rings is 1. The Balaban J connectivity index is 1.64. The van der Waals surface area contributed by atoms with Crippen molar-refractivity contribution in [2.75, 3.05) is 4.90 Å². The third-order valence-electron chi connectivity index (χ3n) is 5.12. The Morgan fingerprint density at radius 1 is 1.25 bits per heavy atom. The second-order valence-electron chi connectivity index (χ2n) is 8.50. The van der Waals surface area contributed by atoms with Crippen molar-refractivity contribution in [2.24, 2.45) is 0 Å². The maximum Gasteiger partial charge on any atom is 0.418 e. The first-order valence-corrected chi connectivity index (χ1v) is 9.42.